The maximum absolute atomic E-state index is 9.35. The first-order valence-electron chi connectivity index (χ1n) is 11.6. The highest BCUT2D eigenvalue weighted by atomic mass is 31.2. The average Bonchev–Trinajstić information content (AvgIpc) is 2.52. The second-order valence-electron chi connectivity index (χ2n) is 11.1. The van der Waals surface area contributed by atoms with E-state index in [4.69, 9.17) is 0 Å². The summed E-state index contributed by atoms with van der Waals surface area (Å²) in [5.74, 6) is 1.58. The van der Waals surface area contributed by atoms with Gasteiger partial charge in [-0.1, -0.05) is 27.7 Å². The van der Waals surface area contributed by atoms with Crippen molar-refractivity contribution in [2.45, 2.75) is 107 Å². The molecule has 31 heavy (non-hydrogen) atoms. The van der Waals surface area contributed by atoms with Gasteiger partial charge in [-0.15, -0.1) is 0 Å². The molecule has 0 saturated heterocycles. The Kier molecular flexibility index (Phi) is 16.6. The SMILES string of the molecule is CC(C)C[N+](C)(C(C)C)C(C)C.CC(C)C[N+](C)(C(C)C)C(C)C.NC(=O)P(=O)([O-])[O-]. The number of quaternary nitrogens is 2. The molecule has 0 unspecified atom stereocenters. The zero-order chi connectivity index (χ0) is 26.0. The zero-order valence-electron chi connectivity index (χ0n) is 22.9. The van der Waals surface area contributed by atoms with Crippen LogP contribution < -0.4 is 15.5 Å². The maximum Gasteiger partial charge on any atom is 0.246 e. The minimum Gasteiger partial charge on any atom is -0.804 e. The molecule has 0 rings (SSSR count). The Labute approximate surface area is 193 Å². The maximum atomic E-state index is 9.35. The van der Waals surface area contributed by atoms with Gasteiger partial charge in [0.2, 0.25) is 5.65 Å². The third kappa shape index (κ3) is 14.3. The smallest absolute Gasteiger partial charge is 0.246 e. The van der Waals surface area contributed by atoms with Gasteiger partial charge in [0.1, 0.15) is 0 Å². The fourth-order valence-corrected chi connectivity index (χ4v) is 3.61. The topological polar surface area (TPSA) is 106 Å². The lowest BCUT2D eigenvalue weighted by atomic mass is 10.1. The van der Waals surface area contributed by atoms with Crippen LogP contribution in [-0.4, -0.2) is 66.0 Å². The molecule has 0 atom stereocenters. The molecule has 0 bridgehead atoms. The quantitative estimate of drug-likeness (QED) is 0.411. The van der Waals surface area contributed by atoms with E-state index in [1.807, 2.05) is 0 Å². The molecule has 0 saturated carbocycles. The van der Waals surface area contributed by atoms with Crippen LogP contribution in [0.15, 0.2) is 0 Å². The van der Waals surface area contributed by atoms with E-state index >= 15 is 0 Å². The number of primary amides is 1. The minimum atomic E-state index is -5.10. The van der Waals surface area contributed by atoms with Crippen LogP contribution in [0.1, 0.15) is 83.1 Å². The van der Waals surface area contributed by atoms with Gasteiger partial charge < -0.3 is 29.1 Å². The summed E-state index contributed by atoms with van der Waals surface area (Å²) in [7, 11) is -0.358. The van der Waals surface area contributed by atoms with Gasteiger partial charge in [0.15, 0.2) is 0 Å². The molecule has 8 heteroatoms. The Morgan fingerprint density at radius 2 is 0.839 bits per heavy atom. The minimum absolute atomic E-state index is 0.729. The van der Waals surface area contributed by atoms with Crippen LogP contribution in [0.3, 0.4) is 0 Å². The number of carbonyl (C=O) groups excluding carboxylic acids is 1. The van der Waals surface area contributed by atoms with Crippen molar-refractivity contribution >= 4 is 13.2 Å². The lowest BCUT2D eigenvalue weighted by Gasteiger charge is -2.43. The third-order valence-electron chi connectivity index (χ3n) is 6.51. The van der Waals surface area contributed by atoms with Crippen LogP contribution in [0.4, 0.5) is 4.79 Å². The molecule has 0 aromatic heterocycles. The Balaban J connectivity index is -0.000000394. The number of hydrogen-bond acceptors (Lipinski definition) is 4. The Morgan fingerprint density at radius 3 is 0.871 bits per heavy atom. The predicted octanol–water partition coefficient (Wildman–Crippen LogP) is 3.79. The predicted molar refractivity (Wildman–Crippen MR) is 130 cm³/mol. The Hall–Kier alpha value is -0.460. The van der Waals surface area contributed by atoms with Crippen molar-refractivity contribution in [3.05, 3.63) is 0 Å². The van der Waals surface area contributed by atoms with Crippen molar-refractivity contribution in [1.29, 1.82) is 0 Å². The van der Waals surface area contributed by atoms with Crippen LogP contribution in [0.5, 0.6) is 0 Å². The number of nitrogens with two attached hydrogens (primary N) is 1. The lowest BCUT2D eigenvalue weighted by molar-refractivity contribution is -0.951. The van der Waals surface area contributed by atoms with Crippen molar-refractivity contribution in [3.63, 3.8) is 0 Å². The van der Waals surface area contributed by atoms with Crippen molar-refractivity contribution in [2.24, 2.45) is 17.6 Å². The molecule has 0 aromatic carbocycles. The van der Waals surface area contributed by atoms with E-state index in [2.05, 4.69) is 103 Å². The Bertz CT molecular complexity index is 493. The summed E-state index contributed by atoms with van der Waals surface area (Å²) in [4.78, 5) is 28.0. The van der Waals surface area contributed by atoms with Crippen LogP contribution in [-0.2, 0) is 4.57 Å². The van der Waals surface area contributed by atoms with Gasteiger partial charge >= 0.3 is 0 Å². The average molecular weight is 468 g/mol. The largest absolute Gasteiger partial charge is 0.804 e. The van der Waals surface area contributed by atoms with Gasteiger partial charge in [-0.2, -0.15) is 0 Å². The second-order valence-corrected chi connectivity index (χ2v) is 12.5. The van der Waals surface area contributed by atoms with E-state index in [0.717, 1.165) is 36.0 Å². The van der Waals surface area contributed by atoms with Gasteiger partial charge in [-0.25, -0.2) is 0 Å². The van der Waals surface area contributed by atoms with E-state index in [9.17, 15) is 19.1 Å². The molecule has 0 fully saturated rings. The van der Waals surface area contributed by atoms with Crippen molar-refractivity contribution < 1.29 is 28.1 Å². The number of amides is 1. The summed E-state index contributed by atoms with van der Waals surface area (Å²) >= 11 is 0. The number of carbonyl (C=O) groups is 1. The molecule has 0 heterocycles. The van der Waals surface area contributed by atoms with Crippen LogP contribution in [0, 0.1) is 11.8 Å². The van der Waals surface area contributed by atoms with Crippen molar-refractivity contribution in [1.82, 2.24) is 0 Å². The van der Waals surface area contributed by atoms with Crippen LogP contribution >= 0.6 is 7.60 Å². The van der Waals surface area contributed by atoms with Gasteiger partial charge in [-0.3, -0.25) is 4.79 Å². The number of rotatable bonds is 9. The van der Waals surface area contributed by atoms with Gasteiger partial charge in [0.05, 0.1) is 51.4 Å². The van der Waals surface area contributed by atoms with Gasteiger partial charge in [-0.05, 0) is 55.4 Å². The Morgan fingerprint density at radius 1 is 0.677 bits per heavy atom. The van der Waals surface area contributed by atoms with E-state index in [-0.39, 0.29) is 0 Å². The molecule has 0 spiro atoms. The summed E-state index contributed by atoms with van der Waals surface area (Å²) in [5.41, 5.74) is 2.23. The first-order valence-corrected chi connectivity index (χ1v) is 13.1. The molecule has 2 N–H and O–H groups in total. The summed E-state index contributed by atoms with van der Waals surface area (Å²) in [6.07, 6.45) is 0. The van der Waals surface area contributed by atoms with Crippen molar-refractivity contribution in [3.8, 4) is 0 Å². The fourth-order valence-electron chi connectivity index (χ4n) is 3.61. The lowest BCUT2D eigenvalue weighted by Crippen LogP contribution is -2.56. The standard InChI is InChI=1S/2C11H26N.CH4NO4P/c2*1-9(2)8-12(7,10(3)4)11(5)6;2-1(3)7(4,5)6/h2*9-11H,8H2,1-7H3;(H2,2,3)(H2,4,5,6)/q2*+1;/p-2. The molecule has 1 amide bonds. The molecule has 0 aliphatic rings. The molecule has 0 aromatic rings. The first kappa shape index (κ1) is 35.1. The summed E-state index contributed by atoms with van der Waals surface area (Å²) in [6.45, 7) is 30.4. The summed E-state index contributed by atoms with van der Waals surface area (Å²) in [5, 5.41) is 0. The monoisotopic (exact) mass is 467 g/mol. The van der Waals surface area contributed by atoms with E-state index in [1.54, 1.807) is 0 Å². The van der Waals surface area contributed by atoms with E-state index in [1.165, 1.54) is 22.1 Å². The molecule has 0 aliphatic heterocycles. The molecule has 0 radical (unpaired) electrons. The van der Waals surface area contributed by atoms with Crippen molar-refractivity contribution in [2.75, 3.05) is 27.2 Å². The van der Waals surface area contributed by atoms with Gasteiger partial charge in [0.25, 0.3) is 0 Å². The molecule has 190 valence electrons. The van der Waals surface area contributed by atoms with Crippen LogP contribution in [0.25, 0.3) is 0 Å². The number of nitrogens with zero attached hydrogens (tertiary/aromatic N) is 2. The molecular formula is C23H54N3O4P. The highest BCUT2D eigenvalue weighted by molar-refractivity contribution is 7.67. The van der Waals surface area contributed by atoms with Gasteiger partial charge in [0, 0.05) is 19.4 Å². The molecule has 0 aliphatic carbocycles. The zero-order valence-corrected chi connectivity index (χ0v) is 23.8. The van der Waals surface area contributed by atoms with Crippen LogP contribution in [0.2, 0.25) is 0 Å². The first-order chi connectivity index (χ1) is 13.5. The number of hydrogen-bond donors (Lipinski definition) is 1. The second kappa shape index (κ2) is 14.6. The highest BCUT2D eigenvalue weighted by Gasteiger charge is 2.30. The summed E-state index contributed by atoms with van der Waals surface area (Å²) in [6, 6.07) is 2.92. The molecular weight excluding hydrogens is 413 g/mol. The summed E-state index contributed by atoms with van der Waals surface area (Å²) < 4.78 is 11.7. The fraction of sp³-hybridized carbons (Fsp3) is 0.957. The third-order valence-corrected chi connectivity index (χ3v) is 7.05. The van der Waals surface area contributed by atoms with E-state index < -0.39 is 13.2 Å². The highest BCUT2D eigenvalue weighted by Crippen LogP contribution is 2.21. The molecule has 7 nitrogen and oxygen atoms in total. The van der Waals surface area contributed by atoms with E-state index in [0.29, 0.717) is 0 Å². The normalized spacial score (nSPS) is 13.0.